The van der Waals surface area contributed by atoms with Gasteiger partial charge in [0.15, 0.2) is 0 Å². The van der Waals surface area contributed by atoms with Gasteiger partial charge in [0.1, 0.15) is 0 Å². The van der Waals surface area contributed by atoms with Gasteiger partial charge in [-0.2, -0.15) is 0 Å². The number of hydrogen-bond acceptors (Lipinski definition) is 3. The molecular weight excluding hydrogens is 290 g/mol. The normalized spacial score (nSPS) is 15.7. The summed E-state index contributed by atoms with van der Waals surface area (Å²) in [6.45, 7) is 3.46. The third kappa shape index (κ3) is 10.5. The van der Waals surface area contributed by atoms with Crippen molar-refractivity contribution >= 4 is 24.2 Å². The van der Waals surface area contributed by atoms with Gasteiger partial charge in [-0.05, 0) is 19.3 Å². The second kappa shape index (κ2) is 12.9. The van der Waals surface area contributed by atoms with Crippen molar-refractivity contribution in [1.29, 1.82) is 0 Å². The minimum Gasteiger partial charge on any atom is -0.353 e. The molecule has 2 amide bonds. The molecule has 0 aromatic carbocycles. The van der Waals surface area contributed by atoms with Crippen LogP contribution < -0.4 is 16.0 Å². The van der Waals surface area contributed by atoms with E-state index in [1.807, 2.05) is 6.92 Å². The highest BCUT2D eigenvalue weighted by Crippen LogP contribution is 2.16. The fourth-order valence-electron chi connectivity index (χ4n) is 2.52. The van der Waals surface area contributed by atoms with E-state index in [9.17, 15) is 9.59 Å². The predicted octanol–water partition coefficient (Wildman–Crippen LogP) is 1.75. The van der Waals surface area contributed by atoms with Crippen LogP contribution in [-0.2, 0) is 9.59 Å². The molecule has 0 aromatic heterocycles. The zero-order chi connectivity index (χ0) is 14.6. The number of carbonyl (C=O) groups excluding carboxylic acids is 2. The van der Waals surface area contributed by atoms with E-state index < -0.39 is 0 Å². The van der Waals surface area contributed by atoms with Crippen molar-refractivity contribution in [3.63, 3.8) is 0 Å². The molecule has 0 spiro atoms. The number of hydrogen-bond donors (Lipinski definition) is 3. The lowest BCUT2D eigenvalue weighted by Gasteiger charge is -2.16. The third-order valence-electron chi connectivity index (χ3n) is 3.66. The predicted molar refractivity (Wildman–Crippen MR) is 87.7 cm³/mol. The van der Waals surface area contributed by atoms with Gasteiger partial charge in [0.2, 0.25) is 11.8 Å². The highest BCUT2D eigenvalue weighted by atomic mass is 35.5. The number of halogens is 1. The molecule has 0 bridgehead atoms. The Balaban J connectivity index is 0.00000400. The first-order valence-corrected chi connectivity index (χ1v) is 7.99. The molecular formula is C15H30ClN3O2. The molecule has 1 saturated carbocycles. The highest BCUT2D eigenvalue weighted by Gasteiger charge is 2.11. The Morgan fingerprint density at radius 1 is 0.952 bits per heavy atom. The maximum absolute atomic E-state index is 11.5. The quantitative estimate of drug-likeness (QED) is 0.471. The summed E-state index contributed by atoms with van der Waals surface area (Å²) < 4.78 is 0. The first kappa shape index (κ1) is 20.2. The molecule has 0 aliphatic heterocycles. The van der Waals surface area contributed by atoms with Crippen LogP contribution in [0.15, 0.2) is 0 Å². The summed E-state index contributed by atoms with van der Waals surface area (Å²) in [4.78, 5) is 22.7. The Labute approximate surface area is 134 Å². The van der Waals surface area contributed by atoms with E-state index in [4.69, 9.17) is 0 Å². The van der Waals surface area contributed by atoms with Crippen molar-refractivity contribution in [3.8, 4) is 0 Å². The molecule has 0 aromatic rings. The second-order valence-electron chi connectivity index (χ2n) is 5.52. The maximum atomic E-state index is 11.5. The number of carbonyl (C=O) groups is 2. The number of rotatable bonds is 8. The summed E-state index contributed by atoms with van der Waals surface area (Å²) in [5.41, 5.74) is 0. The van der Waals surface area contributed by atoms with Gasteiger partial charge in [-0.1, -0.05) is 32.6 Å². The number of nitrogens with one attached hydrogen (secondary N) is 3. The van der Waals surface area contributed by atoms with Gasteiger partial charge in [-0.25, -0.2) is 0 Å². The summed E-state index contributed by atoms with van der Waals surface area (Å²) in [5.74, 6) is -0.170. The Kier molecular flexibility index (Phi) is 12.4. The SMILES string of the molecule is CCCC(=O)NCC(=O)NCCNC1CCCCCC1.Cl. The lowest BCUT2D eigenvalue weighted by atomic mass is 10.1. The Morgan fingerprint density at radius 2 is 1.62 bits per heavy atom. The monoisotopic (exact) mass is 319 g/mol. The summed E-state index contributed by atoms with van der Waals surface area (Å²) >= 11 is 0. The van der Waals surface area contributed by atoms with E-state index in [-0.39, 0.29) is 30.8 Å². The zero-order valence-corrected chi connectivity index (χ0v) is 13.9. The second-order valence-corrected chi connectivity index (χ2v) is 5.52. The fourth-order valence-corrected chi connectivity index (χ4v) is 2.52. The summed E-state index contributed by atoms with van der Waals surface area (Å²) in [6, 6.07) is 0.610. The van der Waals surface area contributed by atoms with Crippen LogP contribution in [0.3, 0.4) is 0 Å². The van der Waals surface area contributed by atoms with Crippen molar-refractivity contribution < 1.29 is 9.59 Å². The first-order chi connectivity index (χ1) is 9.72. The molecule has 5 nitrogen and oxygen atoms in total. The van der Waals surface area contributed by atoms with Crippen LogP contribution in [0.1, 0.15) is 58.3 Å². The van der Waals surface area contributed by atoms with Crippen LogP contribution in [-0.4, -0.2) is 37.5 Å². The van der Waals surface area contributed by atoms with Gasteiger partial charge in [0.05, 0.1) is 6.54 Å². The maximum Gasteiger partial charge on any atom is 0.239 e. The van der Waals surface area contributed by atoms with E-state index in [1.165, 1.54) is 38.5 Å². The molecule has 1 fully saturated rings. The topological polar surface area (TPSA) is 70.2 Å². The van der Waals surface area contributed by atoms with Gasteiger partial charge in [-0.15, -0.1) is 12.4 Å². The van der Waals surface area contributed by atoms with Gasteiger partial charge in [-0.3, -0.25) is 9.59 Å². The van der Waals surface area contributed by atoms with Crippen molar-refractivity contribution in [2.75, 3.05) is 19.6 Å². The van der Waals surface area contributed by atoms with E-state index >= 15 is 0 Å². The minimum absolute atomic E-state index is 0. The molecule has 0 radical (unpaired) electrons. The minimum atomic E-state index is -0.114. The van der Waals surface area contributed by atoms with Gasteiger partial charge >= 0.3 is 0 Å². The standard InChI is InChI=1S/C15H29N3O2.ClH/c1-2-7-14(19)18-12-15(20)17-11-10-16-13-8-5-3-4-6-9-13;/h13,16H,2-12H2,1H3,(H,17,20)(H,18,19);1H. The first-order valence-electron chi connectivity index (χ1n) is 7.99. The fraction of sp³-hybridized carbons (Fsp3) is 0.867. The summed E-state index contributed by atoms with van der Waals surface area (Å²) in [7, 11) is 0. The summed E-state index contributed by atoms with van der Waals surface area (Å²) in [6.07, 6.45) is 9.12. The molecule has 21 heavy (non-hydrogen) atoms. The third-order valence-corrected chi connectivity index (χ3v) is 3.66. The van der Waals surface area contributed by atoms with Crippen LogP contribution in [0.25, 0.3) is 0 Å². The van der Waals surface area contributed by atoms with E-state index in [0.29, 0.717) is 19.0 Å². The van der Waals surface area contributed by atoms with Crippen molar-refractivity contribution in [2.24, 2.45) is 0 Å². The Hall–Kier alpha value is -0.810. The Bertz CT molecular complexity index is 293. The molecule has 1 aliphatic carbocycles. The van der Waals surface area contributed by atoms with Crippen LogP contribution >= 0.6 is 12.4 Å². The van der Waals surface area contributed by atoms with Crippen LogP contribution in [0.2, 0.25) is 0 Å². The molecule has 1 rings (SSSR count). The molecule has 3 N–H and O–H groups in total. The molecule has 0 atom stereocenters. The van der Waals surface area contributed by atoms with Gasteiger partial charge < -0.3 is 16.0 Å². The number of amides is 2. The largest absolute Gasteiger partial charge is 0.353 e. The lowest BCUT2D eigenvalue weighted by Crippen LogP contribution is -2.41. The molecule has 0 unspecified atom stereocenters. The average molecular weight is 320 g/mol. The van der Waals surface area contributed by atoms with Crippen LogP contribution in [0.4, 0.5) is 0 Å². The van der Waals surface area contributed by atoms with E-state index in [0.717, 1.165) is 13.0 Å². The van der Waals surface area contributed by atoms with Crippen LogP contribution in [0.5, 0.6) is 0 Å². The van der Waals surface area contributed by atoms with Crippen molar-refractivity contribution in [3.05, 3.63) is 0 Å². The van der Waals surface area contributed by atoms with Gasteiger partial charge in [0, 0.05) is 25.6 Å². The highest BCUT2D eigenvalue weighted by molar-refractivity contribution is 5.85. The molecule has 0 heterocycles. The van der Waals surface area contributed by atoms with E-state index in [1.54, 1.807) is 0 Å². The smallest absolute Gasteiger partial charge is 0.239 e. The average Bonchev–Trinajstić information content (AvgIpc) is 2.70. The van der Waals surface area contributed by atoms with Gasteiger partial charge in [0.25, 0.3) is 0 Å². The van der Waals surface area contributed by atoms with E-state index in [2.05, 4.69) is 16.0 Å². The van der Waals surface area contributed by atoms with Crippen molar-refractivity contribution in [2.45, 2.75) is 64.3 Å². The molecule has 6 heteroatoms. The van der Waals surface area contributed by atoms with Crippen LogP contribution in [0, 0.1) is 0 Å². The summed E-state index contributed by atoms with van der Waals surface area (Å²) in [5, 5.41) is 8.93. The van der Waals surface area contributed by atoms with Crippen molar-refractivity contribution in [1.82, 2.24) is 16.0 Å². The lowest BCUT2D eigenvalue weighted by molar-refractivity contribution is -0.126. The zero-order valence-electron chi connectivity index (χ0n) is 13.1. The molecule has 124 valence electrons. The Morgan fingerprint density at radius 3 is 2.24 bits per heavy atom. The molecule has 0 saturated heterocycles. The molecule has 1 aliphatic rings.